The maximum atomic E-state index is 11.5. The molecular formula is C44H80O17. The number of unbranched alkanes of at least 4 members (excludes halogenated alkanes) is 14. The average molecular weight is 881 g/mol. The van der Waals surface area contributed by atoms with Crippen LogP contribution in [0, 0.1) is 0 Å². The second kappa shape index (κ2) is 28.7. The monoisotopic (exact) mass is 881 g/mol. The van der Waals surface area contributed by atoms with E-state index in [1.807, 2.05) is 6.92 Å². The zero-order chi connectivity index (χ0) is 44.1. The van der Waals surface area contributed by atoms with E-state index in [2.05, 4.69) is 0 Å². The van der Waals surface area contributed by atoms with Crippen LogP contribution < -0.4 is 0 Å². The highest BCUT2D eigenvalue weighted by molar-refractivity contribution is 5.71. The summed E-state index contributed by atoms with van der Waals surface area (Å²) in [5, 5.41) is 93.9. The fourth-order valence-electron chi connectivity index (χ4n) is 8.54. The summed E-state index contributed by atoms with van der Waals surface area (Å²) in [6.07, 6.45) is 2.80. The summed E-state index contributed by atoms with van der Waals surface area (Å²) in [5.41, 5.74) is 0. The standard InChI is InChI=1S/C44H80O17/c1-2-28(45)19-15-11-7-6-10-13-17-21-29(20-16-12-8-4-3-5-9-14-18-22-30-23-24-34(48)58-30)59-44-41(61-43-40(54)36(50)32(47)26-56-43)38(52)37(51)33(60-44)27-57-42-39(53)35(49)31(46)25-55-42/h28-33,35-47,49-54H,2-27H2,1H3/t28-,29?,30-,31-,32-,33-,35+,36+,37-,38+,39-,40-,41-,42+,43+,44-/m1/s1. The number of aliphatic hydroxyl groups is 9. The molecule has 0 aliphatic carbocycles. The van der Waals surface area contributed by atoms with Crippen molar-refractivity contribution in [1.29, 1.82) is 0 Å². The van der Waals surface area contributed by atoms with Crippen LogP contribution in [0.2, 0.25) is 0 Å². The lowest BCUT2D eigenvalue weighted by Crippen LogP contribution is -2.64. The van der Waals surface area contributed by atoms with Crippen LogP contribution in [-0.2, 0) is 38.0 Å². The normalized spacial score (nSPS) is 35.6. The minimum atomic E-state index is -1.67. The molecule has 0 aromatic heterocycles. The van der Waals surface area contributed by atoms with Gasteiger partial charge in [-0.15, -0.1) is 0 Å². The van der Waals surface area contributed by atoms with Crippen molar-refractivity contribution in [2.45, 2.75) is 253 Å². The quantitative estimate of drug-likeness (QED) is 0.0371. The molecule has 9 N–H and O–H groups in total. The molecule has 17 nitrogen and oxygen atoms in total. The Morgan fingerprint density at radius 3 is 1.66 bits per heavy atom. The van der Waals surface area contributed by atoms with Gasteiger partial charge in [0.1, 0.15) is 67.1 Å². The minimum absolute atomic E-state index is 0.0772. The van der Waals surface area contributed by atoms with E-state index >= 15 is 0 Å². The van der Waals surface area contributed by atoms with E-state index in [0.717, 1.165) is 122 Å². The molecule has 4 heterocycles. The van der Waals surface area contributed by atoms with Crippen LogP contribution in [-0.4, -0.2) is 170 Å². The van der Waals surface area contributed by atoms with E-state index in [-0.39, 0.29) is 37.5 Å². The highest BCUT2D eigenvalue weighted by Crippen LogP contribution is 2.32. The molecule has 0 saturated carbocycles. The highest BCUT2D eigenvalue weighted by Gasteiger charge is 2.50. The third kappa shape index (κ3) is 18.0. The van der Waals surface area contributed by atoms with Gasteiger partial charge in [-0.1, -0.05) is 103 Å². The van der Waals surface area contributed by atoms with Crippen molar-refractivity contribution >= 4 is 5.97 Å². The molecule has 4 aliphatic heterocycles. The number of aliphatic hydroxyl groups excluding tert-OH is 9. The summed E-state index contributed by atoms with van der Waals surface area (Å²) in [6.45, 7) is 0.951. The predicted molar refractivity (Wildman–Crippen MR) is 220 cm³/mol. The Morgan fingerprint density at radius 2 is 1.11 bits per heavy atom. The van der Waals surface area contributed by atoms with Gasteiger partial charge in [0.2, 0.25) is 0 Å². The molecule has 0 spiro atoms. The molecule has 358 valence electrons. The van der Waals surface area contributed by atoms with Crippen molar-refractivity contribution in [1.82, 2.24) is 0 Å². The molecule has 0 radical (unpaired) electrons. The second-order valence-electron chi connectivity index (χ2n) is 17.7. The average Bonchev–Trinajstić information content (AvgIpc) is 3.67. The predicted octanol–water partition coefficient (Wildman–Crippen LogP) is 2.38. The molecule has 4 fully saturated rings. The van der Waals surface area contributed by atoms with Crippen LogP contribution in [0.1, 0.15) is 155 Å². The van der Waals surface area contributed by atoms with Crippen molar-refractivity contribution in [3.8, 4) is 0 Å². The van der Waals surface area contributed by atoms with Gasteiger partial charge >= 0.3 is 5.97 Å². The summed E-state index contributed by atoms with van der Waals surface area (Å²) < 4.78 is 40.6. The molecule has 0 aromatic rings. The van der Waals surface area contributed by atoms with Crippen LogP contribution in [0.4, 0.5) is 0 Å². The second-order valence-corrected chi connectivity index (χ2v) is 17.7. The Morgan fingerprint density at radius 1 is 0.607 bits per heavy atom. The molecule has 4 rings (SSSR count). The molecular weight excluding hydrogens is 800 g/mol. The molecule has 16 atom stereocenters. The first kappa shape index (κ1) is 52.5. The Balaban J connectivity index is 1.32. The van der Waals surface area contributed by atoms with Gasteiger partial charge in [-0.2, -0.15) is 0 Å². The van der Waals surface area contributed by atoms with Crippen LogP contribution in [0.15, 0.2) is 0 Å². The first-order valence-electron chi connectivity index (χ1n) is 23.5. The minimum Gasteiger partial charge on any atom is -0.462 e. The Labute approximate surface area is 362 Å². The Kier molecular flexibility index (Phi) is 24.7. The molecule has 0 bridgehead atoms. The first-order valence-corrected chi connectivity index (χ1v) is 23.5. The van der Waals surface area contributed by atoms with Crippen molar-refractivity contribution < 1.29 is 83.9 Å². The molecule has 61 heavy (non-hydrogen) atoms. The van der Waals surface area contributed by atoms with E-state index in [1.165, 1.54) is 6.42 Å². The fourth-order valence-corrected chi connectivity index (χ4v) is 8.54. The molecule has 1 unspecified atom stereocenters. The third-order valence-corrected chi connectivity index (χ3v) is 12.7. The SMILES string of the molecule is CC[C@@H](O)CCCCCCCCCC(CCCCCCCCCCC[C@@H]1CCC(=O)O1)O[C@@H]1O[C@H](CO[C@@H]2OC[C@@H](O)[C@H](O)[C@H]2O)[C@@H](O)[C@H](O)[C@H]1O[C@@H]1OC[C@@H](O)[C@H](O)[C@H]1O. The molecule has 0 aromatic carbocycles. The lowest BCUT2D eigenvalue weighted by Gasteiger charge is -2.46. The van der Waals surface area contributed by atoms with Gasteiger partial charge in [0.15, 0.2) is 18.9 Å². The summed E-state index contributed by atoms with van der Waals surface area (Å²) in [4.78, 5) is 11.3. The van der Waals surface area contributed by atoms with Crippen molar-refractivity contribution in [2.24, 2.45) is 0 Å². The van der Waals surface area contributed by atoms with Gasteiger partial charge in [-0.05, 0) is 44.9 Å². The number of hydrogen-bond acceptors (Lipinski definition) is 17. The topological polar surface area (TPSA) is 264 Å². The van der Waals surface area contributed by atoms with E-state index in [1.54, 1.807) is 0 Å². The van der Waals surface area contributed by atoms with Crippen LogP contribution in [0.5, 0.6) is 0 Å². The zero-order valence-electron chi connectivity index (χ0n) is 36.4. The molecule has 4 aliphatic rings. The largest absolute Gasteiger partial charge is 0.462 e. The number of hydrogen-bond donors (Lipinski definition) is 9. The van der Waals surface area contributed by atoms with Crippen LogP contribution in [0.3, 0.4) is 0 Å². The van der Waals surface area contributed by atoms with Crippen LogP contribution in [0.25, 0.3) is 0 Å². The zero-order valence-corrected chi connectivity index (χ0v) is 36.4. The van der Waals surface area contributed by atoms with Crippen molar-refractivity contribution in [2.75, 3.05) is 19.8 Å². The van der Waals surface area contributed by atoms with Gasteiger partial charge in [0.25, 0.3) is 0 Å². The van der Waals surface area contributed by atoms with Gasteiger partial charge in [-0.25, -0.2) is 0 Å². The lowest BCUT2D eigenvalue weighted by molar-refractivity contribution is -0.367. The van der Waals surface area contributed by atoms with Gasteiger partial charge in [-0.3, -0.25) is 4.79 Å². The maximum absolute atomic E-state index is 11.5. The van der Waals surface area contributed by atoms with Crippen molar-refractivity contribution in [3.05, 3.63) is 0 Å². The first-order chi connectivity index (χ1) is 29.4. The maximum Gasteiger partial charge on any atom is 0.306 e. The number of carbonyl (C=O) groups excluding carboxylic acids is 1. The summed E-state index contributed by atoms with van der Waals surface area (Å²) in [5.74, 6) is -0.0772. The van der Waals surface area contributed by atoms with Gasteiger partial charge in [0.05, 0.1) is 32.0 Å². The van der Waals surface area contributed by atoms with Gasteiger partial charge in [0, 0.05) is 6.42 Å². The number of rotatable bonds is 30. The summed E-state index contributed by atoms with van der Waals surface area (Å²) in [6, 6.07) is 0. The van der Waals surface area contributed by atoms with Crippen LogP contribution >= 0.6 is 0 Å². The summed E-state index contributed by atoms with van der Waals surface area (Å²) in [7, 11) is 0. The van der Waals surface area contributed by atoms with Crippen molar-refractivity contribution in [3.63, 3.8) is 0 Å². The highest BCUT2D eigenvalue weighted by atomic mass is 16.8. The smallest absolute Gasteiger partial charge is 0.306 e. The fraction of sp³-hybridized carbons (Fsp3) is 0.977. The lowest BCUT2D eigenvalue weighted by atomic mass is 9.97. The van der Waals surface area contributed by atoms with Gasteiger partial charge < -0.3 is 79.1 Å². The van der Waals surface area contributed by atoms with E-state index < -0.39 is 86.5 Å². The number of cyclic esters (lactones) is 1. The Hall–Kier alpha value is -1.13. The third-order valence-electron chi connectivity index (χ3n) is 12.7. The Bertz CT molecular complexity index is 1170. The van der Waals surface area contributed by atoms with E-state index in [9.17, 15) is 50.8 Å². The van der Waals surface area contributed by atoms with E-state index in [0.29, 0.717) is 19.3 Å². The number of carbonyl (C=O) groups is 1. The summed E-state index contributed by atoms with van der Waals surface area (Å²) >= 11 is 0. The molecule has 4 saturated heterocycles. The molecule has 0 amide bonds. The molecule has 17 heteroatoms. The number of ether oxygens (including phenoxy) is 7. The van der Waals surface area contributed by atoms with E-state index in [4.69, 9.17) is 33.2 Å². The number of esters is 1.